The highest BCUT2D eigenvalue weighted by Gasteiger charge is 2.14. The van der Waals surface area contributed by atoms with Crippen LogP contribution < -0.4 is 5.32 Å². The van der Waals surface area contributed by atoms with Crippen LogP contribution in [0.2, 0.25) is 0 Å². The molecule has 0 amide bonds. The summed E-state index contributed by atoms with van der Waals surface area (Å²) in [6.45, 7) is 5.40. The number of halogens is 2. The first-order chi connectivity index (χ1) is 13.9. The molecule has 0 aliphatic rings. The van der Waals surface area contributed by atoms with Crippen molar-refractivity contribution < 1.29 is 5.11 Å². The summed E-state index contributed by atoms with van der Waals surface area (Å²) >= 11 is 7.16. The molecule has 1 atom stereocenters. The minimum absolute atomic E-state index is 0.495. The van der Waals surface area contributed by atoms with E-state index < -0.39 is 6.10 Å². The van der Waals surface area contributed by atoms with E-state index in [1.54, 1.807) is 0 Å². The average Bonchev–Trinajstić information content (AvgIpc) is 2.99. The Balaban J connectivity index is 1.56. The predicted octanol–water partition coefficient (Wildman–Crippen LogP) is 6.92. The highest BCUT2D eigenvalue weighted by Crippen LogP contribution is 2.33. The zero-order chi connectivity index (χ0) is 20.5. The van der Waals surface area contributed by atoms with Crippen LogP contribution in [0.5, 0.6) is 0 Å². The van der Waals surface area contributed by atoms with E-state index in [-0.39, 0.29) is 0 Å². The summed E-state index contributed by atoms with van der Waals surface area (Å²) in [7, 11) is 0. The van der Waals surface area contributed by atoms with Gasteiger partial charge in [-0.1, -0.05) is 57.8 Å². The van der Waals surface area contributed by atoms with Crippen LogP contribution in [-0.2, 0) is 6.54 Å². The molecule has 1 heterocycles. The molecule has 0 aliphatic carbocycles. The van der Waals surface area contributed by atoms with Crippen molar-refractivity contribution in [3.8, 4) is 0 Å². The number of nitrogens with one attached hydrogen (secondary N) is 1. The van der Waals surface area contributed by atoms with Gasteiger partial charge in [0, 0.05) is 43.0 Å². The molecule has 1 aromatic heterocycles. The van der Waals surface area contributed by atoms with Gasteiger partial charge in [-0.3, -0.25) is 0 Å². The molecule has 4 rings (SSSR count). The molecule has 0 unspecified atom stereocenters. The fourth-order valence-corrected chi connectivity index (χ4v) is 4.46. The third kappa shape index (κ3) is 4.37. The number of nitrogens with zero attached hydrogens (tertiary/aromatic N) is 1. The summed E-state index contributed by atoms with van der Waals surface area (Å²) in [4.78, 5) is 0. The molecule has 0 saturated heterocycles. The smallest absolute Gasteiger partial charge is 0.0891 e. The highest BCUT2D eigenvalue weighted by molar-refractivity contribution is 9.10. The van der Waals surface area contributed by atoms with Gasteiger partial charge in [-0.15, -0.1) is 0 Å². The second-order valence-electron chi connectivity index (χ2n) is 7.74. The number of aromatic nitrogens is 1. The van der Waals surface area contributed by atoms with E-state index in [1.807, 2.05) is 12.1 Å². The normalized spacial score (nSPS) is 12.8. The van der Waals surface area contributed by atoms with E-state index in [2.05, 4.69) is 104 Å². The topological polar surface area (TPSA) is 37.2 Å². The summed E-state index contributed by atoms with van der Waals surface area (Å²) in [5.41, 5.74) is 4.60. The summed E-state index contributed by atoms with van der Waals surface area (Å²) in [5.74, 6) is 0.519. The number of anilines is 1. The van der Waals surface area contributed by atoms with Crippen LogP contribution in [0.25, 0.3) is 21.8 Å². The first-order valence-electron chi connectivity index (χ1n) is 9.81. The van der Waals surface area contributed by atoms with E-state index in [9.17, 15) is 5.11 Å². The van der Waals surface area contributed by atoms with Crippen molar-refractivity contribution in [1.29, 1.82) is 0 Å². The standard InChI is InChI=1S/C24H24Br2N2O/c1-15(2)16-3-7-19(8-4-16)27-13-20(29)14-28-23-9-5-17(25)11-21(23)22-12-18(26)6-10-24(22)28/h3-12,15,20,27,29H,13-14H2,1-2H3/t20-/m0/s1. The average molecular weight is 516 g/mol. The van der Waals surface area contributed by atoms with Gasteiger partial charge in [0.05, 0.1) is 12.6 Å². The molecule has 29 heavy (non-hydrogen) atoms. The van der Waals surface area contributed by atoms with Crippen LogP contribution in [0, 0.1) is 0 Å². The number of fused-ring (bicyclic) bond motifs is 3. The van der Waals surface area contributed by atoms with Gasteiger partial charge in [0.15, 0.2) is 0 Å². The van der Waals surface area contributed by atoms with Crippen molar-refractivity contribution in [3.05, 3.63) is 75.2 Å². The molecule has 0 aliphatic heterocycles. The van der Waals surface area contributed by atoms with Crippen molar-refractivity contribution in [3.63, 3.8) is 0 Å². The molecule has 150 valence electrons. The molecule has 0 spiro atoms. The van der Waals surface area contributed by atoms with Gasteiger partial charge in [0.25, 0.3) is 0 Å². The second-order valence-corrected chi connectivity index (χ2v) is 9.58. The molecule has 0 fully saturated rings. The van der Waals surface area contributed by atoms with Crippen molar-refractivity contribution in [2.45, 2.75) is 32.4 Å². The maximum absolute atomic E-state index is 10.8. The molecular formula is C24H24Br2N2O. The van der Waals surface area contributed by atoms with Gasteiger partial charge < -0.3 is 15.0 Å². The van der Waals surface area contributed by atoms with Crippen molar-refractivity contribution in [2.24, 2.45) is 0 Å². The van der Waals surface area contributed by atoms with Gasteiger partial charge in [-0.25, -0.2) is 0 Å². The van der Waals surface area contributed by atoms with E-state index in [4.69, 9.17) is 0 Å². The van der Waals surface area contributed by atoms with Crippen LogP contribution in [0.1, 0.15) is 25.3 Å². The largest absolute Gasteiger partial charge is 0.389 e. The van der Waals surface area contributed by atoms with Gasteiger partial charge in [0.1, 0.15) is 0 Å². The molecule has 3 nitrogen and oxygen atoms in total. The van der Waals surface area contributed by atoms with E-state index in [1.165, 1.54) is 16.3 Å². The lowest BCUT2D eigenvalue weighted by Crippen LogP contribution is -2.24. The fourth-order valence-electron chi connectivity index (χ4n) is 3.74. The zero-order valence-corrected chi connectivity index (χ0v) is 19.7. The Morgan fingerprint density at radius 3 is 1.93 bits per heavy atom. The number of rotatable bonds is 6. The lowest BCUT2D eigenvalue weighted by molar-refractivity contribution is 0.169. The lowest BCUT2D eigenvalue weighted by atomic mass is 10.0. The van der Waals surface area contributed by atoms with Crippen LogP contribution in [0.3, 0.4) is 0 Å². The van der Waals surface area contributed by atoms with E-state index in [0.717, 1.165) is 25.7 Å². The second kappa shape index (κ2) is 8.50. The minimum Gasteiger partial charge on any atom is -0.389 e. The van der Waals surface area contributed by atoms with Crippen molar-refractivity contribution >= 4 is 59.4 Å². The number of aliphatic hydroxyl groups excluding tert-OH is 1. The highest BCUT2D eigenvalue weighted by atomic mass is 79.9. The fraction of sp³-hybridized carbons (Fsp3) is 0.250. The summed E-state index contributed by atoms with van der Waals surface area (Å²) in [6, 6.07) is 21.0. The van der Waals surface area contributed by atoms with Gasteiger partial charge in [0.2, 0.25) is 0 Å². The third-order valence-corrected chi connectivity index (χ3v) is 6.29. The number of hydrogen-bond acceptors (Lipinski definition) is 2. The molecule has 5 heteroatoms. The summed E-state index contributed by atoms with van der Waals surface area (Å²) < 4.78 is 4.31. The molecule has 0 bridgehead atoms. The Kier molecular flexibility index (Phi) is 6.00. The maximum atomic E-state index is 10.8. The van der Waals surface area contributed by atoms with Crippen LogP contribution >= 0.6 is 31.9 Å². The zero-order valence-electron chi connectivity index (χ0n) is 16.5. The Hall–Kier alpha value is -1.82. The van der Waals surface area contributed by atoms with Crippen LogP contribution in [-0.4, -0.2) is 22.3 Å². The van der Waals surface area contributed by atoms with Crippen molar-refractivity contribution in [1.82, 2.24) is 4.57 Å². The molecule has 2 N–H and O–H groups in total. The molecule has 4 aromatic rings. The molecule has 0 saturated carbocycles. The Morgan fingerprint density at radius 1 is 0.862 bits per heavy atom. The molecule has 3 aromatic carbocycles. The lowest BCUT2D eigenvalue weighted by Gasteiger charge is -2.16. The summed E-state index contributed by atoms with van der Waals surface area (Å²) in [5, 5.41) is 16.5. The predicted molar refractivity (Wildman–Crippen MR) is 130 cm³/mol. The Labute approximate surface area is 188 Å². The summed E-state index contributed by atoms with van der Waals surface area (Å²) in [6.07, 6.45) is -0.508. The van der Waals surface area contributed by atoms with Gasteiger partial charge in [-0.05, 0) is 60.0 Å². The first-order valence-corrected chi connectivity index (χ1v) is 11.4. The maximum Gasteiger partial charge on any atom is 0.0891 e. The number of hydrogen-bond donors (Lipinski definition) is 2. The number of benzene rings is 3. The van der Waals surface area contributed by atoms with E-state index >= 15 is 0 Å². The SMILES string of the molecule is CC(C)c1ccc(NC[C@H](O)Cn2c3ccc(Br)cc3c3cc(Br)ccc32)cc1. The minimum atomic E-state index is -0.508. The van der Waals surface area contributed by atoms with Crippen LogP contribution in [0.4, 0.5) is 5.69 Å². The Morgan fingerprint density at radius 2 is 1.41 bits per heavy atom. The first kappa shape index (κ1) is 20.5. The van der Waals surface area contributed by atoms with Gasteiger partial charge in [-0.2, -0.15) is 0 Å². The van der Waals surface area contributed by atoms with Gasteiger partial charge >= 0.3 is 0 Å². The number of aliphatic hydroxyl groups is 1. The quantitative estimate of drug-likeness (QED) is 0.292. The van der Waals surface area contributed by atoms with Crippen LogP contribution in [0.15, 0.2) is 69.6 Å². The third-order valence-electron chi connectivity index (χ3n) is 5.30. The molecule has 0 radical (unpaired) electrons. The van der Waals surface area contributed by atoms with Crippen molar-refractivity contribution in [2.75, 3.05) is 11.9 Å². The Bertz CT molecular complexity index is 1090. The van der Waals surface area contributed by atoms with E-state index in [0.29, 0.717) is 19.0 Å². The monoisotopic (exact) mass is 514 g/mol. The molecular weight excluding hydrogens is 492 g/mol.